The van der Waals surface area contributed by atoms with Gasteiger partial charge in [-0.05, 0) is 30.4 Å². The van der Waals surface area contributed by atoms with Gasteiger partial charge in [-0.25, -0.2) is 0 Å². The molecule has 90 valence electrons. The molecular weight excluding hydrogens is 216 g/mol. The molecule has 0 fully saturated rings. The van der Waals surface area contributed by atoms with Crippen molar-refractivity contribution < 1.29 is 0 Å². The van der Waals surface area contributed by atoms with Crippen LogP contribution in [-0.4, -0.2) is 0 Å². The van der Waals surface area contributed by atoms with Crippen molar-refractivity contribution in [2.75, 3.05) is 0 Å². The quantitative estimate of drug-likeness (QED) is 0.660. The first kappa shape index (κ1) is 11.3. The maximum atomic E-state index is 2.34. The van der Waals surface area contributed by atoms with Crippen LogP contribution in [0.25, 0.3) is 0 Å². The fourth-order valence-corrected chi connectivity index (χ4v) is 3.04. The summed E-state index contributed by atoms with van der Waals surface area (Å²) in [5.74, 6) is 0. The molecule has 1 aliphatic rings. The predicted octanol–water partition coefficient (Wildman–Crippen LogP) is 4.71. The van der Waals surface area contributed by atoms with Gasteiger partial charge in [-0.1, -0.05) is 72.8 Å². The molecule has 0 radical (unpaired) electrons. The van der Waals surface area contributed by atoms with E-state index in [9.17, 15) is 0 Å². The van der Waals surface area contributed by atoms with Gasteiger partial charge < -0.3 is 0 Å². The second-order valence-corrected chi connectivity index (χ2v) is 5.03. The molecule has 1 aliphatic carbocycles. The molecule has 0 heterocycles. The molecule has 0 aliphatic heterocycles. The number of hydrogen-bond acceptors (Lipinski definition) is 0. The molecule has 0 saturated heterocycles. The summed E-state index contributed by atoms with van der Waals surface area (Å²) in [5.41, 5.74) is 3.07. The van der Waals surface area contributed by atoms with Crippen molar-refractivity contribution in [3.63, 3.8) is 0 Å². The van der Waals surface area contributed by atoms with Crippen LogP contribution in [0.4, 0.5) is 0 Å². The van der Waals surface area contributed by atoms with Crippen LogP contribution in [0.5, 0.6) is 0 Å². The summed E-state index contributed by atoms with van der Waals surface area (Å²) >= 11 is 0. The maximum Gasteiger partial charge on any atom is 0.0240 e. The highest BCUT2D eigenvalue weighted by atomic mass is 14.4. The largest absolute Gasteiger partial charge is 0.0885 e. The van der Waals surface area contributed by atoms with Gasteiger partial charge in [0.15, 0.2) is 0 Å². The Morgan fingerprint density at radius 1 is 0.667 bits per heavy atom. The number of allylic oxidation sites excluding steroid dienone is 2. The van der Waals surface area contributed by atoms with Crippen molar-refractivity contribution in [2.24, 2.45) is 0 Å². The standard InChI is InChI=1S/C18H18/c1-4-10-16(11-5-1)18(14-8-3-9-15-18)17-12-6-2-7-13-17/h1-8,10-13H,9,14-15H2. The zero-order valence-corrected chi connectivity index (χ0v) is 10.5. The van der Waals surface area contributed by atoms with Gasteiger partial charge in [0.2, 0.25) is 0 Å². The van der Waals surface area contributed by atoms with E-state index >= 15 is 0 Å². The zero-order chi connectivity index (χ0) is 12.3. The van der Waals surface area contributed by atoms with Crippen LogP contribution in [0.15, 0.2) is 72.8 Å². The lowest BCUT2D eigenvalue weighted by Gasteiger charge is -2.36. The number of rotatable bonds is 2. The van der Waals surface area contributed by atoms with E-state index in [1.165, 1.54) is 24.0 Å². The Morgan fingerprint density at radius 3 is 1.67 bits per heavy atom. The Kier molecular flexibility index (Phi) is 3.02. The van der Waals surface area contributed by atoms with Gasteiger partial charge in [0.05, 0.1) is 0 Å². The second-order valence-electron chi connectivity index (χ2n) is 5.03. The van der Waals surface area contributed by atoms with Gasteiger partial charge in [-0.2, -0.15) is 0 Å². The second kappa shape index (κ2) is 4.81. The van der Waals surface area contributed by atoms with Crippen molar-refractivity contribution in [3.8, 4) is 0 Å². The van der Waals surface area contributed by atoms with E-state index in [2.05, 4.69) is 72.8 Å². The summed E-state index contributed by atoms with van der Waals surface area (Å²) in [6, 6.07) is 21.9. The molecule has 0 spiro atoms. The van der Waals surface area contributed by atoms with Crippen molar-refractivity contribution in [3.05, 3.63) is 83.9 Å². The molecule has 0 aromatic heterocycles. The molecule has 0 bridgehead atoms. The first-order valence-corrected chi connectivity index (χ1v) is 6.68. The van der Waals surface area contributed by atoms with E-state index < -0.39 is 0 Å². The highest BCUT2D eigenvalue weighted by Gasteiger charge is 2.33. The Bertz CT molecular complexity index is 483. The van der Waals surface area contributed by atoms with Gasteiger partial charge in [0, 0.05) is 5.41 Å². The average molecular weight is 234 g/mol. The van der Waals surface area contributed by atoms with Crippen LogP contribution >= 0.6 is 0 Å². The summed E-state index contributed by atoms with van der Waals surface area (Å²) in [5, 5.41) is 0. The van der Waals surface area contributed by atoms with E-state index in [0.717, 1.165) is 6.42 Å². The highest BCUT2D eigenvalue weighted by Crippen LogP contribution is 2.42. The molecule has 2 aromatic rings. The third kappa shape index (κ3) is 1.88. The first-order chi connectivity index (χ1) is 8.92. The molecule has 2 aromatic carbocycles. The van der Waals surface area contributed by atoms with Crippen molar-refractivity contribution in [2.45, 2.75) is 24.7 Å². The molecule has 3 rings (SSSR count). The van der Waals surface area contributed by atoms with Crippen LogP contribution in [0.3, 0.4) is 0 Å². The molecule has 0 nitrogen and oxygen atoms in total. The maximum absolute atomic E-state index is 2.34. The fraction of sp³-hybridized carbons (Fsp3) is 0.222. The smallest absolute Gasteiger partial charge is 0.0240 e. The van der Waals surface area contributed by atoms with E-state index in [-0.39, 0.29) is 5.41 Å². The van der Waals surface area contributed by atoms with E-state index in [1.807, 2.05) is 0 Å². The van der Waals surface area contributed by atoms with Crippen LogP contribution in [0.1, 0.15) is 30.4 Å². The monoisotopic (exact) mass is 234 g/mol. The molecule has 0 heteroatoms. The Morgan fingerprint density at radius 2 is 1.22 bits per heavy atom. The lowest BCUT2D eigenvalue weighted by atomic mass is 9.67. The summed E-state index contributed by atoms with van der Waals surface area (Å²) in [6.07, 6.45) is 8.13. The van der Waals surface area contributed by atoms with Gasteiger partial charge >= 0.3 is 0 Å². The summed E-state index contributed by atoms with van der Waals surface area (Å²) in [7, 11) is 0. The Balaban J connectivity index is 2.13. The zero-order valence-electron chi connectivity index (χ0n) is 10.5. The lowest BCUT2D eigenvalue weighted by Crippen LogP contribution is -2.28. The van der Waals surface area contributed by atoms with Gasteiger partial charge in [-0.15, -0.1) is 0 Å². The predicted molar refractivity (Wildman–Crippen MR) is 76.7 cm³/mol. The van der Waals surface area contributed by atoms with Crippen molar-refractivity contribution in [1.82, 2.24) is 0 Å². The van der Waals surface area contributed by atoms with Crippen LogP contribution in [0, 0.1) is 0 Å². The molecule has 0 saturated carbocycles. The molecule has 18 heavy (non-hydrogen) atoms. The lowest BCUT2D eigenvalue weighted by molar-refractivity contribution is 0.465. The molecule has 0 unspecified atom stereocenters. The summed E-state index contributed by atoms with van der Waals surface area (Å²) in [6.45, 7) is 0. The minimum atomic E-state index is 0.178. The first-order valence-electron chi connectivity index (χ1n) is 6.68. The molecule has 0 N–H and O–H groups in total. The molecular formula is C18H18. The van der Waals surface area contributed by atoms with Gasteiger partial charge in [0.1, 0.15) is 0 Å². The van der Waals surface area contributed by atoms with Crippen molar-refractivity contribution in [1.29, 1.82) is 0 Å². The van der Waals surface area contributed by atoms with Crippen LogP contribution in [0.2, 0.25) is 0 Å². The minimum Gasteiger partial charge on any atom is -0.0885 e. The molecule has 0 amide bonds. The molecule has 0 atom stereocenters. The number of hydrogen-bond donors (Lipinski definition) is 0. The Hall–Kier alpha value is -1.82. The van der Waals surface area contributed by atoms with Crippen LogP contribution < -0.4 is 0 Å². The SMILES string of the molecule is C1=CCC(c2ccccc2)(c2ccccc2)CC1. The topological polar surface area (TPSA) is 0 Å². The van der Waals surface area contributed by atoms with Gasteiger partial charge in [-0.3, -0.25) is 0 Å². The Labute approximate surface area is 109 Å². The third-order valence-electron chi connectivity index (χ3n) is 4.02. The fourth-order valence-electron chi connectivity index (χ4n) is 3.04. The normalized spacial score (nSPS) is 17.6. The average Bonchev–Trinajstić information content (AvgIpc) is 2.50. The summed E-state index contributed by atoms with van der Waals surface area (Å²) in [4.78, 5) is 0. The third-order valence-corrected chi connectivity index (χ3v) is 4.02. The van der Waals surface area contributed by atoms with E-state index in [4.69, 9.17) is 0 Å². The highest BCUT2D eigenvalue weighted by molar-refractivity contribution is 5.41. The van der Waals surface area contributed by atoms with E-state index in [0.29, 0.717) is 0 Å². The number of benzene rings is 2. The van der Waals surface area contributed by atoms with Crippen LogP contribution in [-0.2, 0) is 5.41 Å². The minimum absolute atomic E-state index is 0.178. The van der Waals surface area contributed by atoms with Crippen molar-refractivity contribution >= 4 is 0 Å². The van der Waals surface area contributed by atoms with Gasteiger partial charge in [0.25, 0.3) is 0 Å². The summed E-state index contributed by atoms with van der Waals surface area (Å²) < 4.78 is 0. The van der Waals surface area contributed by atoms with E-state index in [1.54, 1.807) is 0 Å².